The lowest BCUT2D eigenvalue weighted by atomic mass is 9.78. The van der Waals surface area contributed by atoms with Crippen LogP contribution in [0.3, 0.4) is 0 Å². The minimum absolute atomic E-state index is 0.141. The lowest BCUT2D eigenvalue weighted by molar-refractivity contribution is 0.0172. The predicted octanol–water partition coefficient (Wildman–Crippen LogP) is 5.45. The molecule has 10 heteroatoms. The second-order valence-electron chi connectivity index (χ2n) is 11.1. The number of hydrogen-bond donors (Lipinski definition) is 2. The molecule has 2 amide bonds. The zero-order chi connectivity index (χ0) is 27.7. The van der Waals surface area contributed by atoms with Crippen molar-refractivity contribution in [2.24, 2.45) is 11.7 Å². The Morgan fingerprint density at radius 2 is 1.62 bits per heavy atom. The minimum atomic E-state index is -0.566. The molecule has 1 fully saturated rings. The van der Waals surface area contributed by atoms with Crippen LogP contribution in [0.25, 0.3) is 5.69 Å². The van der Waals surface area contributed by atoms with Crippen molar-refractivity contribution in [1.82, 2.24) is 14.7 Å². The summed E-state index contributed by atoms with van der Waals surface area (Å²) in [5.74, 6) is 0.641. The van der Waals surface area contributed by atoms with E-state index in [1.807, 2.05) is 20.8 Å². The number of hydrogen-bond acceptors (Lipinski definition) is 6. The summed E-state index contributed by atoms with van der Waals surface area (Å²) in [5, 5.41) is 8.24. The van der Waals surface area contributed by atoms with Crippen LogP contribution in [0.5, 0.6) is 11.5 Å². The fraction of sp³-hybridized carbons (Fsp3) is 0.414. The monoisotopic (exact) mass is 535 g/mol. The number of amides is 2. The van der Waals surface area contributed by atoms with E-state index in [2.05, 4.69) is 5.32 Å². The third kappa shape index (κ3) is 5.84. The molecule has 206 valence electrons. The molecule has 2 aliphatic heterocycles. The van der Waals surface area contributed by atoms with Crippen molar-refractivity contribution >= 4 is 17.7 Å². The van der Waals surface area contributed by atoms with Crippen LogP contribution >= 0.6 is 0 Å². The molecule has 0 radical (unpaired) electrons. The Morgan fingerprint density at radius 1 is 1.00 bits per heavy atom. The third-order valence-corrected chi connectivity index (χ3v) is 7.15. The molecule has 3 N–H and O–H groups in total. The topological polar surface area (TPSA) is 112 Å². The molecule has 3 heterocycles. The highest BCUT2D eigenvalue weighted by Gasteiger charge is 2.37. The summed E-state index contributed by atoms with van der Waals surface area (Å²) in [4.78, 5) is 26.9. The molecule has 0 spiro atoms. The third-order valence-electron chi connectivity index (χ3n) is 7.15. The number of likely N-dealkylation sites (tertiary alicyclic amines) is 1. The van der Waals surface area contributed by atoms with Crippen molar-refractivity contribution < 1.29 is 23.5 Å². The van der Waals surface area contributed by atoms with E-state index in [1.54, 1.807) is 46.0 Å². The zero-order valence-electron chi connectivity index (χ0n) is 22.4. The first-order chi connectivity index (χ1) is 18.6. The maximum Gasteiger partial charge on any atom is 0.410 e. The molecule has 39 heavy (non-hydrogen) atoms. The van der Waals surface area contributed by atoms with Crippen LogP contribution in [0.4, 0.5) is 14.9 Å². The maximum atomic E-state index is 13.2. The van der Waals surface area contributed by atoms with Crippen molar-refractivity contribution in [2.75, 3.05) is 25.0 Å². The fourth-order valence-corrected chi connectivity index (χ4v) is 5.34. The molecular weight excluding hydrogens is 501 g/mol. The average molecular weight is 536 g/mol. The number of benzene rings is 2. The number of carbonyl (C=O) groups is 2. The number of rotatable bonds is 5. The average Bonchev–Trinajstić information content (AvgIpc) is 3.30. The first kappa shape index (κ1) is 26.5. The first-order valence-corrected chi connectivity index (χ1v) is 13.3. The smallest absolute Gasteiger partial charge is 0.410 e. The van der Waals surface area contributed by atoms with Crippen molar-refractivity contribution in [2.45, 2.75) is 51.6 Å². The van der Waals surface area contributed by atoms with Crippen molar-refractivity contribution in [1.29, 1.82) is 0 Å². The Morgan fingerprint density at radius 3 is 2.21 bits per heavy atom. The van der Waals surface area contributed by atoms with E-state index in [4.69, 9.17) is 20.3 Å². The van der Waals surface area contributed by atoms with E-state index in [-0.39, 0.29) is 17.8 Å². The molecule has 1 atom stereocenters. The molecule has 1 unspecified atom stereocenters. The number of halogens is 1. The molecule has 3 aromatic rings. The highest BCUT2D eigenvalue weighted by Crippen LogP contribution is 2.42. The summed E-state index contributed by atoms with van der Waals surface area (Å²) in [7, 11) is 0. The summed E-state index contributed by atoms with van der Waals surface area (Å²) >= 11 is 0. The minimum Gasteiger partial charge on any atom is -0.457 e. The van der Waals surface area contributed by atoms with Crippen molar-refractivity contribution in [3.05, 3.63) is 65.7 Å². The Bertz CT molecular complexity index is 1340. The van der Waals surface area contributed by atoms with Crippen LogP contribution in [-0.2, 0) is 4.74 Å². The van der Waals surface area contributed by atoms with Gasteiger partial charge in [-0.25, -0.2) is 13.9 Å². The van der Waals surface area contributed by atoms with E-state index in [9.17, 15) is 14.0 Å². The molecule has 0 bridgehead atoms. The van der Waals surface area contributed by atoms with Gasteiger partial charge >= 0.3 is 6.09 Å². The van der Waals surface area contributed by atoms with Gasteiger partial charge in [-0.05, 0) is 94.5 Å². The largest absolute Gasteiger partial charge is 0.457 e. The maximum absolute atomic E-state index is 13.2. The molecular formula is C29H34FN5O4. The van der Waals surface area contributed by atoms with Crippen LogP contribution in [0.2, 0.25) is 0 Å². The zero-order valence-corrected chi connectivity index (χ0v) is 22.4. The number of fused-ring (bicyclic) bond motifs is 1. The first-order valence-electron chi connectivity index (χ1n) is 13.3. The van der Waals surface area contributed by atoms with E-state index >= 15 is 0 Å². The van der Waals surface area contributed by atoms with Crippen LogP contribution < -0.4 is 15.8 Å². The molecule has 0 saturated carbocycles. The van der Waals surface area contributed by atoms with Gasteiger partial charge in [-0.15, -0.1) is 0 Å². The lowest BCUT2D eigenvalue weighted by Gasteiger charge is -2.37. The van der Waals surface area contributed by atoms with E-state index in [1.165, 1.54) is 12.1 Å². The Hall–Kier alpha value is -4.08. The highest BCUT2D eigenvalue weighted by molar-refractivity contribution is 5.98. The number of nitrogens with two attached hydrogens (primary N) is 1. The second kappa shape index (κ2) is 10.6. The number of ether oxygens (including phenoxy) is 2. The Kier molecular flexibility index (Phi) is 7.20. The molecule has 9 nitrogen and oxygen atoms in total. The normalized spacial score (nSPS) is 17.7. The summed E-state index contributed by atoms with van der Waals surface area (Å²) in [6.07, 6.45) is 2.26. The van der Waals surface area contributed by atoms with E-state index in [0.29, 0.717) is 54.1 Å². The quantitative estimate of drug-likeness (QED) is 0.450. The molecule has 2 aromatic carbocycles. The Balaban J connectivity index is 1.35. The van der Waals surface area contributed by atoms with E-state index in [0.717, 1.165) is 25.0 Å². The molecule has 0 aliphatic carbocycles. The number of carbonyl (C=O) groups excluding carboxylic acids is 2. The van der Waals surface area contributed by atoms with Crippen LogP contribution in [0, 0.1) is 11.7 Å². The SMILES string of the molecule is CC(C)(C)OC(=O)N1CCC(C2CCNc3c2nn(-c2ccc(Oc4ccc(F)cc4)cc2)c3C(N)=O)CC1. The van der Waals surface area contributed by atoms with Crippen molar-refractivity contribution in [3.63, 3.8) is 0 Å². The Labute approximate surface area is 227 Å². The van der Waals surface area contributed by atoms with Gasteiger partial charge < -0.3 is 25.4 Å². The molecule has 2 aliphatic rings. The van der Waals surface area contributed by atoms with Gasteiger partial charge in [-0.3, -0.25) is 4.79 Å². The summed E-state index contributed by atoms with van der Waals surface area (Å²) in [6.45, 7) is 7.56. The van der Waals surface area contributed by atoms with Gasteiger partial charge in [0, 0.05) is 25.6 Å². The molecule has 1 saturated heterocycles. The number of aromatic nitrogens is 2. The van der Waals surface area contributed by atoms with Crippen molar-refractivity contribution in [3.8, 4) is 17.2 Å². The van der Waals surface area contributed by atoms with Crippen LogP contribution in [0.1, 0.15) is 62.1 Å². The van der Waals surface area contributed by atoms with Crippen LogP contribution in [0.15, 0.2) is 48.5 Å². The number of piperidine rings is 1. The number of anilines is 1. The second-order valence-corrected chi connectivity index (χ2v) is 11.1. The van der Waals surface area contributed by atoms with Gasteiger partial charge in [0.25, 0.3) is 5.91 Å². The predicted molar refractivity (Wildman–Crippen MR) is 145 cm³/mol. The van der Waals surface area contributed by atoms with Crippen LogP contribution in [-0.4, -0.2) is 51.9 Å². The highest BCUT2D eigenvalue weighted by atomic mass is 19.1. The lowest BCUT2D eigenvalue weighted by Crippen LogP contribution is -2.43. The van der Waals surface area contributed by atoms with Gasteiger partial charge in [-0.1, -0.05) is 0 Å². The number of primary amides is 1. The summed E-state index contributed by atoms with van der Waals surface area (Å²) < 4.78 is 26.1. The summed E-state index contributed by atoms with van der Waals surface area (Å²) in [6, 6.07) is 12.9. The van der Waals surface area contributed by atoms with Gasteiger partial charge in [0.1, 0.15) is 22.9 Å². The van der Waals surface area contributed by atoms with Gasteiger partial charge in [0.2, 0.25) is 0 Å². The fourth-order valence-electron chi connectivity index (χ4n) is 5.34. The van der Waals surface area contributed by atoms with Gasteiger partial charge in [-0.2, -0.15) is 5.10 Å². The molecule has 1 aromatic heterocycles. The standard InChI is InChI=1S/C29H34FN5O4/c1-29(2,3)39-28(37)34-16-13-18(14-17-34)23-12-15-32-25-24(23)33-35(26(25)27(31)36)20-6-10-22(11-7-20)38-21-8-4-19(30)5-9-21/h4-11,18,23,32H,12-17H2,1-3H3,(H2,31,36). The van der Waals surface area contributed by atoms with E-state index < -0.39 is 11.5 Å². The van der Waals surface area contributed by atoms with Gasteiger partial charge in [0.15, 0.2) is 5.69 Å². The van der Waals surface area contributed by atoms with Gasteiger partial charge in [0.05, 0.1) is 17.1 Å². The summed E-state index contributed by atoms with van der Waals surface area (Å²) in [5.41, 5.74) is 7.81. The number of nitrogens with one attached hydrogen (secondary N) is 1. The number of nitrogens with zero attached hydrogens (tertiary/aromatic N) is 3. The molecule has 5 rings (SSSR count).